The van der Waals surface area contributed by atoms with E-state index in [1.165, 1.54) is 16.7 Å². The molecule has 0 spiro atoms. The maximum atomic E-state index is 9.91. The van der Waals surface area contributed by atoms with Crippen molar-refractivity contribution in [2.24, 2.45) is 5.92 Å². The molecule has 0 bridgehead atoms. The van der Waals surface area contributed by atoms with E-state index in [1.54, 1.807) is 6.07 Å². The zero-order valence-electron chi connectivity index (χ0n) is 15.0. The third kappa shape index (κ3) is 3.22. The predicted molar refractivity (Wildman–Crippen MR) is 94.4 cm³/mol. The molecule has 1 aliphatic rings. The van der Waals surface area contributed by atoms with Crippen molar-refractivity contribution in [3.63, 3.8) is 0 Å². The van der Waals surface area contributed by atoms with E-state index in [0.717, 1.165) is 19.5 Å². The highest BCUT2D eigenvalue weighted by Gasteiger charge is 2.42. The van der Waals surface area contributed by atoms with E-state index < -0.39 is 0 Å². The zero-order valence-corrected chi connectivity index (χ0v) is 15.0. The van der Waals surface area contributed by atoms with Gasteiger partial charge < -0.3 is 5.11 Å². The highest BCUT2D eigenvalue weighted by molar-refractivity contribution is 5.40. The molecule has 0 radical (unpaired) electrons. The van der Waals surface area contributed by atoms with Gasteiger partial charge >= 0.3 is 0 Å². The SMILES string of the molecule is CC(C)=CCN1CC[C@](C)(c2cc(O)ccc2C)[C@H](C)[C@@H]1C. The van der Waals surface area contributed by atoms with Crippen LogP contribution in [0.25, 0.3) is 0 Å². The smallest absolute Gasteiger partial charge is 0.115 e. The largest absolute Gasteiger partial charge is 0.508 e. The molecule has 0 aliphatic carbocycles. The Hall–Kier alpha value is -1.28. The number of nitrogens with zero attached hydrogens (tertiary/aromatic N) is 1. The van der Waals surface area contributed by atoms with Crippen molar-refractivity contribution in [3.05, 3.63) is 41.0 Å². The Balaban J connectivity index is 2.27. The summed E-state index contributed by atoms with van der Waals surface area (Å²) in [5.41, 5.74) is 4.12. The summed E-state index contributed by atoms with van der Waals surface area (Å²) in [6.45, 7) is 15.7. The van der Waals surface area contributed by atoms with Crippen LogP contribution in [0.3, 0.4) is 0 Å². The Morgan fingerprint density at radius 3 is 2.68 bits per heavy atom. The van der Waals surface area contributed by atoms with Crippen molar-refractivity contribution >= 4 is 0 Å². The van der Waals surface area contributed by atoms with Crippen LogP contribution < -0.4 is 0 Å². The number of hydrogen-bond acceptors (Lipinski definition) is 2. The fourth-order valence-electron chi connectivity index (χ4n) is 3.82. The van der Waals surface area contributed by atoms with Gasteiger partial charge in [0.25, 0.3) is 0 Å². The van der Waals surface area contributed by atoms with Crippen molar-refractivity contribution in [3.8, 4) is 5.75 Å². The summed E-state index contributed by atoms with van der Waals surface area (Å²) in [5.74, 6) is 0.931. The molecule has 1 aromatic rings. The summed E-state index contributed by atoms with van der Waals surface area (Å²) >= 11 is 0. The second-order valence-corrected chi connectivity index (χ2v) is 7.47. The fourth-order valence-corrected chi connectivity index (χ4v) is 3.82. The lowest BCUT2D eigenvalue weighted by Gasteiger charge is -2.50. The number of phenols is 1. The molecule has 22 heavy (non-hydrogen) atoms. The monoisotopic (exact) mass is 301 g/mol. The maximum absolute atomic E-state index is 9.91. The van der Waals surface area contributed by atoms with Gasteiger partial charge in [-0.3, -0.25) is 4.90 Å². The van der Waals surface area contributed by atoms with Gasteiger partial charge in [-0.1, -0.05) is 31.6 Å². The molecule has 1 fully saturated rings. The highest BCUT2D eigenvalue weighted by Crippen LogP contribution is 2.44. The van der Waals surface area contributed by atoms with E-state index in [-0.39, 0.29) is 5.41 Å². The lowest BCUT2D eigenvalue weighted by molar-refractivity contribution is 0.0619. The van der Waals surface area contributed by atoms with Gasteiger partial charge in [-0.25, -0.2) is 0 Å². The molecule has 0 amide bonds. The number of aromatic hydroxyl groups is 1. The van der Waals surface area contributed by atoms with E-state index in [1.807, 2.05) is 12.1 Å². The van der Waals surface area contributed by atoms with Crippen LogP contribution in [0.1, 0.15) is 52.2 Å². The number of aryl methyl sites for hydroxylation is 1. The van der Waals surface area contributed by atoms with Crippen molar-refractivity contribution in [2.75, 3.05) is 13.1 Å². The quantitative estimate of drug-likeness (QED) is 0.821. The predicted octanol–water partition coefficient (Wildman–Crippen LogP) is 4.65. The standard InChI is InChI=1S/C20H31NO/c1-14(2)9-11-21-12-10-20(6,16(4)17(21)5)19-13-18(22)8-7-15(19)3/h7-9,13,16-17,22H,10-12H2,1-6H3/t16-,17+,20+/m1/s1. The maximum Gasteiger partial charge on any atom is 0.115 e. The lowest BCUT2D eigenvalue weighted by atomic mass is 9.64. The minimum absolute atomic E-state index is 0.129. The second kappa shape index (κ2) is 6.45. The van der Waals surface area contributed by atoms with E-state index in [4.69, 9.17) is 0 Å². The molecule has 3 atom stereocenters. The number of likely N-dealkylation sites (tertiary alicyclic amines) is 1. The minimum Gasteiger partial charge on any atom is -0.508 e. The Morgan fingerprint density at radius 2 is 2.05 bits per heavy atom. The van der Waals surface area contributed by atoms with Crippen LogP contribution in [0.15, 0.2) is 29.8 Å². The molecule has 122 valence electrons. The molecule has 1 N–H and O–H groups in total. The molecule has 1 aromatic carbocycles. The molecule has 2 rings (SSSR count). The summed E-state index contributed by atoms with van der Waals surface area (Å²) in [6.07, 6.45) is 3.46. The molecular formula is C20H31NO. The van der Waals surface area contributed by atoms with E-state index in [0.29, 0.717) is 17.7 Å². The molecule has 1 saturated heterocycles. The Kier molecular flexibility index (Phi) is 5.01. The summed E-state index contributed by atoms with van der Waals surface area (Å²) < 4.78 is 0. The summed E-state index contributed by atoms with van der Waals surface area (Å²) in [7, 11) is 0. The number of hydrogen-bond donors (Lipinski definition) is 1. The second-order valence-electron chi connectivity index (χ2n) is 7.47. The minimum atomic E-state index is 0.129. The van der Waals surface area contributed by atoms with Gasteiger partial charge in [0.05, 0.1) is 0 Å². The average Bonchev–Trinajstić information content (AvgIpc) is 2.46. The van der Waals surface area contributed by atoms with E-state index in [9.17, 15) is 5.11 Å². The topological polar surface area (TPSA) is 23.5 Å². The molecule has 1 heterocycles. The first kappa shape index (κ1) is 17.1. The number of allylic oxidation sites excluding steroid dienone is 1. The van der Waals surface area contributed by atoms with Crippen molar-refractivity contribution < 1.29 is 5.11 Å². The first-order valence-electron chi connectivity index (χ1n) is 8.43. The van der Waals surface area contributed by atoms with Crippen LogP contribution in [-0.2, 0) is 5.41 Å². The van der Waals surface area contributed by atoms with Crippen molar-refractivity contribution in [1.82, 2.24) is 4.90 Å². The van der Waals surface area contributed by atoms with Crippen LogP contribution >= 0.6 is 0 Å². The van der Waals surface area contributed by atoms with Gasteiger partial charge in [0, 0.05) is 12.6 Å². The molecule has 2 heteroatoms. The third-order valence-corrected chi connectivity index (χ3v) is 5.79. The van der Waals surface area contributed by atoms with Gasteiger partial charge in [-0.05, 0) is 75.3 Å². The molecule has 0 aromatic heterocycles. The average molecular weight is 301 g/mol. The molecular weight excluding hydrogens is 270 g/mol. The third-order valence-electron chi connectivity index (χ3n) is 5.79. The highest BCUT2D eigenvalue weighted by atomic mass is 16.3. The first-order valence-corrected chi connectivity index (χ1v) is 8.43. The van der Waals surface area contributed by atoms with Crippen LogP contribution in [0.4, 0.5) is 0 Å². The fraction of sp³-hybridized carbons (Fsp3) is 0.600. The molecule has 0 unspecified atom stereocenters. The van der Waals surface area contributed by atoms with Gasteiger partial charge in [-0.15, -0.1) is 0 Å². The number of phenolic OH excluding ortho intramolecular Hbond substituents is 1. The van der Waals surface area contributed by atoms with Gasteiger partial charge in [0.2, 0.25) is 0 Å². The normalized spacial score (nSPS) is 29.4. The zero-order chi connectivity index (χ0) is 16.5. The lowest BCUT2D eigenvalue weighted by Crippen LogP contribution is -2.53. The molecule has 0 saturated carbocycles. The van der Waals surface area contributed by atoms with Crippen LogP contribution in [0, 0.1) is 12.8 Å². The summed E-state index contributed by atoms with van der Waals surface area (Å²) in [5, 5.41) is 9.91. The molecule has 1 aliphatic heterocycles. The van der Waals surface area contributed by atoms with Gasteiger partial charge in [0.15, 0.2) is 0 Å². The van der Waals surface area contributed by atoms with E-state index in [2.05, 4.69) is 52.5 Å². The van der Waals surface area contributed by atoms with E-state index >= 15 is 0 Å². The van der Waals surface area contributed by atoms with Crippen LogP contribution in [0.5, 0.6) is 5.75 Å². The van der Waals surface area contributed by atoms with Gasteiger partial charge in [-0.2, -0.15) is 0 Å². The Bertz CT molecular complexity index is 559. The summed E-state index contributed by atoms with van der Waals surface area (Å²) in [6, 6.07) is 6.35. The van der Waals surface area contributed by atoms with Crippen LogP contribution in [-0.4, -0.2) is 29.1 Å². The molecule has 2 nitrogen and oxygen atoms in total. The number of benzene rings is 1. The number of piperidine rings is 1. The van der Waals surface area contributed by atoms with Gasteiger partial charge in [0.1, 0.15) is 5.75 Å². The Labute approximate surface area is 135 Å². The van der Waals surface area contributed by atoms with Crippen molar-refractivity contribution in [1.29, 1.82) is 0 Å². The Morgan fingerprint density at radius 1 is 1.36 bits per heavy atom. The first-order chi connectivity index (χ1) is 10.3. The van der Waals surface area contributed by atoms with Crippen LogP contribution in [0.2, 0.25) is 0 Å². The summed E-state index contributed by atoms with van der Waals surface area (Å²) in [4.78, 5) is 2.58. The number of rotatable bonds is 3. The van der Waals surface area contributed by atoms with Crippen molar-refractivity contribution in [2.45, 2.75) is 59.4 Å².